The Morgan fingerprint density at radius 3 is 0.985 bits per heavy atom. The molecular weight excluding hydrogens is 817 g/mol. The Hall–Kier alpha value is -8.84. The molecule has 0 nitrogen and oxygen atoms in total. The molecule has 0 heterocycles. The third-order valence-electron chi connectivity index (χ3n) is 14.6. The van der Waals surface area contributed by atoms with Crippen molar-refractivity contribution in [3.63, 3.8) is 0 Å². The molecule has 0 bridgehead atoms. The van der Waals surface area contributed by atoms with E-state index in [9.17, 15) is 0 Å². The molecule has 0 radical (unpaired) electrons. The van der Waals surface area contributed by atoms with Gasteiger partial charge in [-0.25, -0.2) is 0 Å². The first-order chi connectivity index (χ1) is 33.7. The molecule has 0 aliphatic carbocycles. The maximum atomic E-state index is 2.46. The fourth-order valence-electron chi connectivity index (χ4n) is 11.2. The van der Waals surface area contributed by atoms with E-state index in [-0.39, 0.29) is 0 Å². The Labute approximate surface area is 395 Å². The Morgan fingerprint density at radius 1 is 0.147 bits per heavy atom. The van der Waals surface area contributed by atoms with Crippen molar-refractivity contribution in [2.45, 2.75) is 0 Å². The lowest BCUT2D eigenvalue weighted by Crippen LogP contribution is -1.95. The highest BCUT2D eigenvalue weighted by atomic mass is 14.2. The van der Waals surface area contributed by atoms with E-state index in [0.717, 1.165) is 0 Å². The lowest BCUT2D eigenvalue weighted by atomic mass is 9.81. The molecule has 0 N–H and O–H groups in total. The monoisotopic (exact) mass is 858 g/mol. The quantitative estimate of drug-likeness (QED) is 0.146. The molecule has 0 saturated heterocycles. The molecule has 0 saturated carbocycles. The second-order valence-electron chi connectivity index (χ2n) is 18.4. The lowest BCUT2D eigenvalue weighted by Gasteiger charge is -2.22. The average Bonchev–Trinajstić information content (AvgIpc) is 3.41. The van der Waals surface area contributed by atoms with E-state index in [4.69, 9.17) is 0 Å². The molecule has 0 amide bonds. The fraction of sp³-hybridized carbons (Fsp3) is 0. The maximum Gasteiger partial charge on any atom is -0.00139 e. The van der Waals surface area contributed by atoms with Crippen LogP contribution in [0.2, 0.25) is 0 Å². The highest BCUT2D eigenvalue weighted by Gasteiger charge is 2.22. The zero-order chi connectivity index (χ0) is 44.7. The summed E-state index contributed by atoms with van der Waals surface area (Å²) in [4.78, 5) is 0. The topological polar surface area (TPSA) is 0 Å². The van der Waals surface area contributed by atoms with E-state index >= 15 is 0 Å². The smallest absolute Gasteiger partial charge is 0.00139 e. The largest absolute Gasteiger partial charge is 0.0616 e. The summed E-state index contributed by atoms with van der Waals surface area (Å²) in [6.07, 6.45) is 0. The highest BCUT2D eigenvalue weighted by molar-refractivity contribution is 6.32. The van der Waals surface area contributed by atoms with E-state index in [1.807, 2.05) is 0 Å². The number of hydrogen-bond acceptors (Lipinski definition) is 0. The van der Waals surface area contributed by atoms with Gasteiger partial charge in [-0.3, -0.25) is 0 Å². The van der Waals surface area contributed by atoms with E-state index < -0.39 is 0 Å². The van der Waals surface area contributed by atoms with Crippen LogP contribution in [0.15, 0.2) is 255 Å². The van der Waals surface area contributed by atoms with Gasteiger partial charge in [-0.2, -0.15) is 0 Å². The summed E-state index contributed by atoms with van der Waals surface area (Å²) in [6.45, 7) is 0. The van der Waals surface area contributed by atoms with Crippen LogP contribution in [-0.2, 0) is 0 Å². The highest BCUT2D eigenvalue weighted by Crippen LogP contribution is 2.49. The fourth-order valence-corrected chi connectivity index (χ4v) is 11.2. The minimum absolute atomic E-state index is 1.20. The first-order valence-electron chi connectivity index (χ1n) is 23.6. The van der Waals surface area contributed by atoms with Gasteiger partial charge in [0, 0.05) is 0 Å². The molecule has 0 aromatic heterocycles. The molecule has 0 aliphatic heterocycles. The normalized spacial score (nSPS) is 11.8. The van der Waals surface area contributed by atoms with Crippen molar-refractivity contribution in [2.24, 2.45) is 0 Å². The standard InChI is InChI=1S/C68H42/c1-4-14-51-38-54(31-24-43(51)10-1)46-20-27-49(28-21-46)63-41-65(56-33-26-45-12-3-6-16-53(45)40-56)61-35-34-60-64(50-29-22-47(23-30-50)55-32-25-44-11-2-5-15-52(44)39-55)42-66(62-37-36-59(63)67(61)68(60)62)58-19-9-17-48-13-7-8-18-57(48)58/h1-42H. The first-order valence-corrected chi connectivity index (χ1v) is 23.6. The molecule has 0 atom stereocenters. The zero-order valence-corrected chi connectivity index (χ0v) is 37.2. The summed E-state index contributed by atoms with van der Waals surface area (Å²) < 4.78 is 0. The molecule has 0 fully saturated rings. The summed E-state index contributed by atoms with van der Waals surface area (Å²) in [7, 11) is 0. The van der Waals surface area contributed by atoms with Crippen molar-refractivity contribution in [1.29, 1.82) is 0 Å². The molecule has 14 aromatic rings. The van der Waals surface area contributed by atoms with Crippen molar-refractivity contribution >= 4 is 75.4 Å². The van der Waals surface area contributed by atoms with Gasteiger partial charge in [-0.05, 0) is 173 Å². The van der Waals surface area contributed by atoms with Crippen LogP contribution >= 0.6 is 0 Å². The third kappa shape index (κ3) is 6.23. The molecule has 0 heteroatoms. The van der Waals surface area contributed by atoms with Crippen LogP contribution in [0.1, 0.15) is 0 Å². The molecule has 314 valence electrons. The second kappa shape index (κ2) is 15.4. The Morgan fingerprint density at radius 2 is 0.485 bits per heavy atom. The van der Waals surface area contributed by atoms with Gasteiger partial charge >= 0.3 is 0 Å². The molecule has 14 rings (SSSR count). The summed E-state index contributed by atoms with van der Waals surface area (Å²) in [6, 6.07) is 95.0. The first kappa shape index (κ1) is 38.4. The summed E-state index contributed by atoms with van der Waals surface area (Å²) >= 11 is 0. The van der Waals surface area contributed by atoms with Crippen LogP contribution in [0.5, 0.6) is 0 Å². The Kier molecular flexibility index (Phi) is 8.69. The van der Waals surface area contributed by atoms with Gasteiger partial charge in [-0.1, -0.05) is 224 Å². The predicted octanol–water partition coefficient (Wildman–Crippen LogP) is 19.2. The van der Waals surface area contributed by atoms with Crippen LogP contribution in [0, 0.1) is 0 Å². The number of hydrogen-bond donors (Lipinski definition) is 0. The van der Waals surface area contributed by atoms with Gasteiger partial charge < -0.3 is 0 Å². The SMILES string of the molecule is c1ccc2cc(-c3ccc(-c4cc(-c5ccc6ccccc6c5)c5ccc6c(-c7ccc(-c8ccc9ccccc9c8)cc7)cc(-c7cccc8ccccc78)c7ccc4c5c67)cc3)ccc2c1. The molecule has 14 aromatic carbocycles. The maximum absolute atomic E-state index is 2.46. The van der Waals surface area contributed by atoms with Crippen LogP contribution in [-0.4, -0.2) is 0 Å². The molecular formula is C68H42. The van der Waals surface area contributed by atoms with Gasteiger partial charge in [0.1, 0.15) is 0 Å². The molecule has 0 aliphatic rings. The summed E-state index contributed by atoms with van der Waals surface area (Å²) in [5, 5.41) is 17.6. The van der Waals surface area contributed by atoms with Crippen LogP contribution < -0.4 is 0 Å². The van der Waals surface area contributed by atoms with E-state index in [1.165, 1.54) is 142 Å². The summed E-state index contributed by atoms with van der Waals surface area (Å²) in [5.41, 5.74) is 14.7. The van der Waals surface area contributed by atoms with Crippen molar-refractivity contribution in [2.75, 3.05) is 0 Å². The molecule has 0 unspecified atom stereocenters. The van der Waals surface area contributed by atoms with Crippen molar-refractivity contribution < 1.29 is 0 Å². The lowest BCUT2D eigenvalue weighted by molar-refractivity contribution is 1.61. The average molecular weight is 859 g/mol. The van der Waals surface area contributed by atoms with Crippen molar-refractivity contribution in [3.05, 3.63) is 255 Å². The van der Waals surface area contributed by atoms with Gasteiger partial charge in [0.15, 0.2) is 0 Å². The van der Waals surface area contributed by atoms with E-state index in [0.29, 0.717) is 0 Å². The van der Waals surface area contributed by atoms with E-state index in [2.05, 4.69) is 255 Å². The van der Waals surface area contributed by atoms with Gasteiger partial charge in [0.05, 0.1) is 0 Å². The van der Waals surface area contributed by atoms with Crippen LogP contribution in [0.25, 0.3) is 142 Å². The Balaban J connectivity index is 1.03. The van der Waals surface area contributed by atoms with Crippen molar-refractivity contribution in [3.8, 4) is 66.8 Å². The van der Waals surface area contributed by atoms with Gasteiger partial charge in [-0.15, -0.1) is 0 Å². The Bertz CT molecular complexity index is 4280. The number of rotatable bonds is 6. The molecule has 68 heavy (non-hydrogen) atoms. The van der Waals surface area contributed by atoms with E-state index in [1.54, 1.807) is 0 Å². The third-order valence-corrected chi connectivity index (χ3v) is 14.6. The van der Waals surface area contributed by atoms with Gasteiger partial charge in [0.25, 0.3) is 0 Å². The minimum atomic E-state index is 1.20. The number of fused-ring (bicyclic) bond motifs is 4. The van der Waals surface area contributed by atoms with Crippen LogP contribution in [0.3, 0.4) is 0 Å². The minimum Gasteiger partial charge on any atom is -0.0616 e. The molecule has 0 spiro atoms. The van der Waals surface area contributed by atoms with Gasteiger partial charge in [0.2, 0.25) is 0 Å². The number of benzene rings is 14. The second-order valence-corrected chi connectivity index (χ2v) is 18.4. The van der Waals surface area contributed by atoms with Crippen LogP contribution in [0.4, 0.5) is 0 Å². The zero-order valence-electron chi connectivity index (χ0n) is 37.2. The summed E-state index contributed by atoms with van der Waals surface area (Å²) in [5.74, 6) is 0. The van der Waals surface area contributed by atoms with Crippen molar-refractivity contribution in [1.82, 2.24) is 0 Å². The predicted molar refractivity (Wildman–Crippen MR) is 293 cm³/mol.